The van der Waals surface area contributed by atoms with Gasteiger partial charge in [0.25, 0.3) is 0 Å². The number of rotatable bonds is 4. The molecule has 0 aliphatic carbocycles. The summed E-state index contributed by atoms with van der Waals surface area (Å²) in [7, 11) is 0. The Labute approximate surface area is 166 Å². The number of benzene rings is 2. The zero-order chi connectivity index (χ0) is 19.5. The van der Waals surface area contributed by atoms with Gasteiger partial charge in [0.1, 0.15) is 0 Å². The molecule has 0 aromatic heterocycles. The van der Waals surface area contributed by atoms with Crippen LogP contribution in [0.3, 0.4) is 0 Å². The first kappa shape index (κ1) is 18.5. The summed E-state index contributed by atoms with van der Waals surface area (Å²) < 4.78 is 0. The number of aryl methyl sites for hydroxylation is 1. The van der Waals surface area contributed by atoms with Gasteiger partial charge in [0.2, 0.25) is 11.8 Å². The lowest BCUT2D eigenvalue weighted by Gasteiger charge is -2.29. The van der Waals surface area contributed by atoms with Crippen molar-refractivity contribution in [1.82, 2.24) is 0 Å². The molecule has 2 aliphatic heterocycles. The molecule has 2 amide bonds. The van der Waals surface area contributed by atoms with E-state index in [0.29, 0.717) is 6.54 Å². The van der Waals surface area contributed by atoms with E-state index >= 15 is 0 Å². The van der Waals surface area contributed by atoms with Crippen LogP contribution in [-0.2, 0) is 9.59 Å². The van der Waals surface area contributed by atoms with Gasteiger partial charge in [0.05, 0.1) is 5.92 Å². The molecule has 2 fully saturated rings. The zero-order valence-corrected chi connectivity index (χ0v) is 16.4. The summed E-state index contributed by atoms with van der Waals surface area (Å²) in [5.41, 5.74) is 3.96. The van der Waals surface area contributed by atoms with Gasteiger partial charge in [-0.2, -0.15) is 0 Å². The fourth-order valence-electron chi connectivity index (χ4n) is 4.10. The Kier molecular flexibility index (Phi) is 5.33. The van der Waals surface area contributed by atoms with Crippen LogP contribution in [0.25, 0.3) is 0 Å². The topological polar surface area (TPSA) is 52.7 Å². The summed E-state index contributed by atoms with van der Waals surface area (Å²) >= 11 is 0. The summed E-state index contributed by atoms with van der Waals surface area (Å²) in [6, 6.07) is 15.9. The number of hydrogen-bond donors (Lipinski definition) is 1. The second-order valence-corrected chi connectivity index (χ2v) is 7.83. The van der Waals surface area contributed by atoms with Crippen LogP contribution in [0.15, 0.2) is 48.5 Å². The molecule has 2 aromatic rings. The van der Waals surface area contributed by atoms with Crippen LogP contribution in [0.1, 0.15) is 31.2 Å². The zero-order valence-electron chi connectivity index (χ0n) is 16.4. The van der Waals surface area contributed by atoms with Crippen LogP contribution < -0.4 is 15.1 Å². The number of amides is 2. The maximum atomic E-state index is 12.6. The van der Waals surface area contributed by atoms with Crippen LogP contribution in [0.5, 0.6) is 0 Å². The Morgan fingerprint density at radius 1 is 1.00 bits per heavy atom. The van der Waals surface area contributed by atoms with Crippen molar-refractivity contribution in [3.63, 3.8) is 0 Å². The number of hydrogen-bond acceptors (Lipinski definition) is 3. The van der Waals surface area contributed by atoms with Gasteiger partial charge in [-0.1, -0.05) is 12.1 Å². The molecule has 1 N–H and O–H groups in total. The van der Waals surface area contributed by atoms with Crippen LogP contribution >= 0.6 is 0 Å². The highest BCUT2D eigenvalue weighted by Crippen LogP contribution is 2.29. The molecule has 2 aromatic carbocycles. The maximum Gasteiger partial charge on any atom is 0.229 e. The van der Waals surface area contributed by atoms with Gasteiger partial charge < -0.3 is 15.1 Å². The van der Waals surface area contributed by atoms with Gasteiger partial charge in [-0.25, -0.2) is 0 Å². The monoisotopic (exact) mass is 377 g/mol. The van der Waals surface area contributed by atoms with Crippen molar-refractivity contribution in [2.24, 2.45) is 5.92 Å². The van der Waals surface area contributed by atoms with E-state index in [-0.39, 0.29) is 24.2 Å². The van der Waals surface area contributed by atoms with Crippen molar-refractivity contribution in [2.75, 3.05) is 34.8 Å². The third-order valence-electron chi connectivity index (χ3n) is 5.66. The van der Waals surface area contributed by atoms with E-state index in [1.54, 1.807) is 4.90 Å². The molecule has 4 rings (SSSR count). The van der Waals surface area contributed by atoms with Crippen LogP contribution in [0, 0.1) is 12.8 Å². The Hall–Kier alpha value is -2.82. The van der Waals surface area contributed by atoms with E-state index in [2.05, 4.69) is 22.3 Å². The first-order chi connectivity index (χ1) is 13.6. The average molecular weight is 377 g/mol. The van der Waals surface area contributed by atoms with Gasteiger partial charge >= 0.3 is 0 Å². The van der Waals surface area contributed by atoms with Crippen molar-refractivity contribution in [3.8, 4) is 0 Å². The first-order valence-corrected chi connectivity index (χ1v) is 10.1. The molecule has 0 radical (unpaired) electrons. The molecule has 5 heteroatoms. The standard InChI is InChI=1S/C23H27N3O2/c1-17-6-5-7-19(14-17)24-23(28)18-15-22(27)26(16-18)21-10-8-20(9-11-21)25-12-3-2-4-13-25/h5-11,14,18H,2-4,12-13,15-16H2,1H3,(H,24,28). The van der Waals surface area contributed by atoms with E-state index in [1.165, 1.54) is 24.9 Å². The molecule has 0 spiro atoms. The molecule has 1 atom stereocenters. The van der Waals surface area contributed by atoms with Gasteiger partial charge in [0, 0.05) is 43.1 Å². The van der Waals surface area contributed by atoms with Crippen LogP contribution in [-0.4, -0.2) is 31.4 Å². The second kappa shape index (κ2) is 8.05. The van der Waals surface area contributed by atoms with Crippen molar-refractivity contribution < 1.29 is 9.59 Å². The quantitative estimate of drug-likeness (QED) is 0.877. The number of nitrogens with zero attached hydrogens (tertiary/aromatic N) is 2. The molecular formula is C23H27N3O2. The molecular weight excluding hydrogens is 350 g/mol. The predicted octanol–water partition coefficient (Wildman–Crippen LogP) is 3.98. The lowest BCUT2D eigenvalue weighted by atomic mass is 10.1. The minimum Gasteiger partial charge on any atom is -0.372 e. The largest absolute Gasteiger partial charge is 0.372 e. The van der Waals surface area contributed by atoms with E-state index in [0.717, 1.165) is 30.0 Å². The average Bonchev–Trinajstić information content (AvgIpc) is 3.11. The molecule has 28 heavy (non-hydrogen) atoms. The Morgan fingerprint density at radius 2 is 1.71 bits per heavy atom. The molecule has 0 bridgehead atoms. The molecule has 2 aliphatic rings. The number of carbonyl (C=O) groups excluding carboxylic acids is 2. The molecule has 2 saturated heterocycles. The minimum absolute atomic E-state index is 0.00937. The lowest BCUT2D eigenvalue weighted by Crippen LogP contribution is -2.30. The highest BCUT2D eigenvalue weighted by atomic mass is 16.2. The van der Waals surface area contributed by atoms with Gasteiger partial charge in [-0.3, -0.25) is 9.59 Å². The van der Waals surface area contributed by atoms with Crippen LogP contribution in [0.2, 0.25) is 0 Å². The summed E-state index contributed by atoms with van der Waals surface area (Å²) in [4.78, 5) is 29.3. The molecule has 146 valence electrons. The maximum absolute atomic E-state index is 12.6. The van der Waals surface area contributed by atoms with Crippen molar-refractivity contribution in [1.29, 1.82) is 0 Å². The number of carbonyl (C=O) groups is 2. The molecule has 2 heterocycles. The summed E-state index contributed by atoms with van der Waals surface area (Å²) in [5.74, 6) is -0.406. The smallest absolute Gasteiger partial charge is 0.229 e. The Balaban J connectivity index is 1.40. The minimum atomic E-state index is -0.324. The van der Waals surface area contributed by atoms with Gasteiger partial charge in [-0.05, 0) is 68.1 Å². The number of nitrogens with one attached hydrogen (secondary N) is 1. The van der Waals surface area contributed by atoms with Crippen molar-refractivity contribution in [3.05, 3.63) is 54.1 Å². The first-order valence-electron chi connectivity index (χ1n) is 10.1. The third-order valence-corrected chi connectivity index (χ3v) is 5.66. The van der Waals surface area contributed by atoms with Crippen LogP contribution in [0.4, 0.5) is 17.1 Å². The third kappa shape index (κ3) is 4.03. The lowest BCUT2D eigenvalue weighted by molar-refractivity contribution is -0.122. The second-order valence-electron chi connectivity index (χ2n) is 7.83. The van der Waals surface area contributed by atoms with E-state index in [1.807, 2.05) is 43.3 Å². The predicted molar refractivity (Wildman–Crippen MR) is 113 cm³/mol. The van der Waals surface area contributed by atoms with Gasteiger partial charge in [0.15, 0.2) is 0 Å². The summed E-state index contributed by atoms with van der Waals surface area (Å²) in [5, 5.41) is 2.94. The summed E-state index contributed by atoms with van der Waals surface area (Å²) in [6.07, 6.45) is 4.04. The Morgan fingerprint density at radius 3 is 2.43 bits per heavy atom. The van der Waals surface area contributed by atoms with Crippen molar-refractivity contribution >= 4 is 28.9 Å². The molecule has 5 nitrogen and oxygen atoms in total. The number of anilines is 3. The van der Waals surface area contributed by atoms with E-state index < -0.39 is 0 Å². The molecule has 0 saturated carbocycles. The summed E-state index contributed by atoms with van der Waals surface area (Å²) in [6.45, 7) is 4.62. The fourth-order valence-corrected chi connectivity index (χ4v) is 4.10. The SMILES string of the molecule is Cc1cccc(NC(=O)C2CC(=O)N(c3ccc(N4CCCCC4)cc3)C2)c1. The highest BCUT2D eigenvalue weighted by Gasteiger charge is 2.35. The normalized spacial score (nSPS) is 19.8. The van der Waals surface area contributed by atoms with E-state index in [9.17, 15) is 9.59 Å². The fraction of sp³-hybridized carbons (Fsp3) is 0.391. The van der Waals surface area contributed by atoms with Crippen molar-refractivity contribution in [2.45, 2.75) is 32.6 Å². The highest BCUT2D eigenvalue weighted by molar-refractivity contribution is 6.03. The molecule has 1 unspecified atom stereocenters. The van der Waals surface area contributed by atoms with Gasteiger partial charge in [-0.15, -0.1) is 0 Å². The van der Waals surface area contributed by atoms with E-state index in [4.69, 9.17) is 0 Å². The Bertz CT molecular complexity index is 856. The number of piperidine rings is 1.